The molecule has 0 unspecified atom stereocenters. The number of fused-ring (bicyclic) bond motifs is 1. The summed E-state index contributed by atoms with van der Waals surface area (Å²) in [5, 5.41) is 0.481. The molecule has 0 saturated carbocycles. The van der Waals surface area contributed by atoms with E-state index in [1.165, 1.54) is 23.4 Å². The first-order chi connectivity index (χ1) is 8.91. The second-order valence-electron chi connectivity index (χ2n) is 4.01. The van der Waals surface area contributed by atoms with Crippen LogP contribution in [0, 0.1) is 0 Å². The summed E-state index contributed by atoms with van der Waals surface area (Å²) >= 11 is 1.27. The molecule has 102 valence electrons. The highest BCUT2D eigenvalue weighted by molar-refractivity contribution is 7.99. The summed E-state index contributed by atoms with van der Waals surface area (Å²) in [5.41, 5.74) is 4.75. The van der Waals surface area contributed by atoms with Crippen LogP contribution in [0.25, 0.3) is 11.2 Å². The van der Waals surface area contributed by atoms with Gasteiger partial charge in [-0.05, 0) is 0 Å². The average molecular weight is 283 g/mol. The van der Waals surface area contributed by atoms with Gasteiger partial charge in [0.2, 0.25) is 5.91 Å². The molecule has 0 aliphatic heterocycles. The predicted octanol–water partition coefficient (Wildman–Crippen LogP) is -1.07. The van der Waals surface area contributed by atoms with Gasteiger partial charge in [0.15, 0.2) is 16.3 Å². The summed E-state index contributed by atoms with van der Waals surface area (Å²) in [4.78, 5) is 41.3. The Morgan fingerprint density at radius 1 is 1.37 bits per heavy atom. The van der Waals surface area contributed by atoms with Gasteiger partial charge < -0.3 is 10.7 Å². The van der Waals surface area contributed by atoms with Gasteiger partial charge in [-0.3, -0.25) is 18.7 Å². The summed E-state index contributed by atoms with van der Waals surface area (Å²) in [6.45, 7) is 0. The number of H-pyrrole nitrogens is 1. The van der Waals surface area contributed by atoms with Gasteiger partial charge in [-0.25, -0.2) is 9.78 Å². The molecule has 2 aromatic heterocycles. The number of rotatable bonds is 4. The van der Waals surface area contributed by atoms with E-state index in [4.69, 9.17) is 5.73 Å². The third-order valence-electron chi connectivity index (χ3n) is 2.66. The smallest absolute Gasteiger partial charge is 0.332 e. The van der Waals surface area contributed by atoms with Crippen LogP contribution in [-0.4, -0.2) is 30.8 Å². The van der Waals surface area contributed by atoms with E-state index in [0.29, 0.717) is 16.6 Å². The van der Waals surface area contributed by atoms with E-state index in [9.17, 15) is 14.4 Å². The van der Waals surface area contributed by atoms with E-state index >= 15 is 0 Å². The number of aromatic nitrogens is 4. The van der Waals surface area contributed by atoms with E-state index in [-0.39, 0.29) is 11.9 Å². The number of aromatic amines is 1. The van der Waals surface area contributed by atoms with Gasteiger partial charge >= 0.3 is 5.69 Å². The molecule has 2 aromatic rings. The van der Waals surface area contributed by atoms with Crippen LogP contribution in [0.15, 0.2) is 14.7 Å². The second kappa shape index (κ2) is 4.92. The van der Waals surface area contributed by atoms with Crippen molar-refractivity contribution in [1.29, 1.82) is 0 Å². The number of primary amides is 1. The third kappa shape index (κ3) is 2.41. The van der Waals surface area contributed by atoms with Crippen molar-refractivity contribution in [2.24, 2.45) is 19.8 Å². The van der Waals surface area contributed by atoms with Gasteiger partial charge in [0.05, 0.1) is 0 Å². The van der Waals surface area contributed by atoms with Gasteiger partial charge in [0, 0.05) is 26.3 Å². The van der Waals surface area contributed by atoms with Crippen molar-refractivity contribution in [3.05, 3.63) is 20.8 Å². The number of imidazole rings is 1. The maximum Gasteiger partial charge on any atom is 0.332 e. The first kappa shape index (κ1) is 13.4. The molecule has 0 aliphatic rings. The van der Waals surface area contributed by atoms with Crippen LogP contribution in [0.2, 0.25) is 0 Å². The fourth-order valence-electron chi connectivity index (χ4n) is 1.62. The number of nitrogens with two attached hydrogens (primary N) is 1. The molecular formula is C10H13N5O3S. The van der Waals surface area contributed by atoms with Crippen molar-refractivity contribution < 1.29 is 4.79 Å². The predicted molar refractivity (Wildman–Crippen MR) is 71.1 cm³/mol. The first-order valence-corrected chi connectivity index (χ1v) is 6.47. The van der Waals surface area contributed by atoms with Crippen molar-refractivity contribution in [1.82, 2.24) is 19.1 Å². The van der Waals surface area contributed by atoms with E-state index in [0.717, 1.165) is 4.57 Å². The summed E-state index contributed by atoms with van der Waals surface area (Å²) in [7, 11) is 2.95. The molecule has 0 fully saturated rings. The summed E-state index contributed by atoms with van der Waals surface area (Å²) in [6.07, 6.45) is 0.221. The zero-order valence-electron chi connectivity index (χ0n) is 10.5. The lowest BCUT2D eigenvalue weighted by molar-refractivity contribution is -0.117. The number of aryl methyl sites for hydroxylation is 1. The van der Waals surface area contributed by atoms with Crippen molar-refractivity contribution >= 4 is 28.8 Å². The highest BCUT2D eigenvalue weighted by Crippen LogP contribution is 2.16. The Morgan fingerprint density at radius 2 is 2.05 bits per heavy atom. The Labute approximate surface area is 111 Å². The van der Waals surface area contributed by atoms with Crippen LogP contribution in [0.3, 0.4) is 0 Å². The number of thioether (sulfide) groups is 1. The van der Waals surface area contributed by atoms with Gasteiger partial charge in [0.25, 0.3) is 5.56 Å². The quantitative estimate of drug-likeness (QED) is 0.693. The highest BCUT2D eigenvalue weighted by Gasteiger charge is 2.13. The topological polar surface area (TPSA) is 116 Å². The zero-order chi connectivity index (χ0) is 14.2. The molecule has 0 atom stereocenters. The largest absolute Gasteiger partial charge is 0.370 e. The van der Waals surface area contributed by atoms with Crippen LogP contribution in [-0.2, 0) is 18.9 Å². The molecule has 2 heterocycles. The molecule has 8 nitrogen and oxygen atoms in total. The molecule has 1 amide bonds. The summed E-state index contributed by atoms with van der Waals surface area (Å²) in [6, 6.07) is 0. The van der Waals surface area contributed by atoms with Gasteiger partial charge in [-0.1, -0.05) is 11.8 Å². The van der Waals surface area contributed by atoms with Gasteiger partial charge in [0.1, 0.15) is 0 Å². The SMILES string of the molecule is Cn1c(=O)c2[nH]c(SCCC(N)=O)nc2n(C)c1=O. The molecule has 0 saturated heterocycles. The van der Waals surface area contributed by atoms with E-state index in [2.05, 4.69) is 9.97 Å². The Hall–Kier alpha value is -2.03. The Morgan fingerprint density at radius 3 is 2.68 bits per heavy atom. The van der Waals surface area contributed by atoms with Crippen LogP contribution < -0.4 is 17.0 Å². The molecule has 0 spiro atoms. The molecule has 0 radical (unpaired) electrons. The monoisotopic (exact) mass is 283 g/mol. The molecule has 9 heteroatoms. The maximum absolute atomic E-state index is 11.9. The second-order valence-corrected chi connectivity index (χ2v) is 5.09. The normalized spacial score (nSPS) is 11.1. The number of hydrogen-bond donors (Lipinski definition) is 2. The highest BCUT2D eigenvalue weighted by atomic mass is 32.2. The van der Waals surface area contributed by atoms with Crippen LogP contribution in [0.5, 0.6) is 0 Å². The van der Waals surface area contributed by atoms with E-state index in [1.807, 2.05) is 0 Å². The number of amides is 1. The lowest BCUT2D eigenvalue weighted by atomic mass is 10.5. The third-order valence-corrected chi connectivity index (χ3v) is 3.54. The minimum Gasteiger partial charge on any atom is -0.370 e. The van der Waals surface area contributed by atoms with Crippen LogP contribution in [0.4, 0.5) is 0 Å². The summed E-state index contributed by atoms with van der Waals surface area (Å²) < 4.78 is 2.31. The zero-order valence-corrected chi connectivity index (χ0v) is 11.3. The molecular weight excluding hydrogens is 270 g/mol. The average Bonchev–Trinajstić information content (AvgIpc) is 2.77. The van der Waals surface area contributed by atoms with Crippen molar-refractivity contribution in [3.63, 3.8) is 0 Å². The lowest BCUT2D eigenvalue weighted by Crippen LogP contribution is -2.36. The molecule has 3 N–H and O–H groups in total. The van der Waals surface area contributed by atoms with Gasteiger partial charge in [-0.15, -0.1) is 0 Å². The Kier molecular flexibility index (Phi) is 3.47. The first-order valence-electron chi connectivity index (χ1n) is 5.48. The minimum absolute atomic E-state index is 0.221. The number of nitrogens with zero attached hydrogens (tertiary/aromatic N) is 3. The van der Waals surface area contributed by atoms with Crippen molar-refractivity contribution in [2.45, 2.75) is 11.6 Å². The standard InChI is InChI=1S/C10H13N5O3S/c1-14-7-6(8(17)15(2)10(14)18)12-9(13-7)19-4-3-5(11)16/h3-4H2,1-2H3,(H2,11,16)(H,12,13). The fraction of sp³-hybridized carbons (Fsp3) is 0.400. The molecule has 0 aromatic carbocycles. The molecule has 2 rings (SSSR count). The van der Waals surface area contributed by atoms with Crippen molar-refractivity contribution in [2.75, 3.05) is 5.75 Å². The number of hydrogen-bond acceptors (Lipinski definition) is 5. The molecule has 19 heavy (non-hydrogen) atoms. The molecule has 0 bridgehead atoms. The maximum atomic E-state index is 11.9. The molecule has 0 aliphatic carbocycles. The van der Waals surface area contributed by atoms with Crippen LogP contribution in [0.1, 0.15) is 6.42 Å². The Bertz CT molecular complexity index is 757. The van der Waals surface area contributed by atoms with Crippen LogP contribution >= 0.6 is 11.8 Å². The fourth-order valence-corrected chi connectivity index (χ4v) is 2.44. The number of carbonyl (C=O) groups is 1. The number of carbonyl (C=O) groups excluding carboxylic acids is 1. The van der Waals surface area contributed by atoms with Crippen molar-refractivity contribution in [3.8, 4) is 0 Å². The lowest BCUT2D eigenvalue weighted by Gasteiger charge is -2.00. The summed E-state index contributed by atoms with van der Waals surface area (Å²) in [5.74, 6) is 0.0654. The minimum atomic E-state index is -0.433. The van der Waals surface area contributed by atoms with E-state index < -0.39 is 17.2 Å². The van der Waals surface area contributed by atoms with E-state index in [1.54, 1.807) is 7.05 Å². The Balaban J connectivity index is 2.44. The van der Waals surface area contributed by atoms with Gasteiger partial charge in [-0.2, -0.15) is 0 Å². The number of nitrogens with one attached hydrogen (secondary N) is 1.